The van der Waals surface area contributed by atoms with E-state index in [0.29, 0.717) is 12.7 Å². The van der Waals surface area contributed by atoms with Gasteiger partial charge in [0.25, 0.3) is 0 Å². The highest BCUT2D eigenvalue weighted by Gasteiger charge is 2.31. The average Bonchev–Trinajstić information content (AvgIpc) is 2.72. The fraction of sp³-hybridized carbons (Fsp3) is 0.917. The minimum atomic E-state index is -0.203. The van der Waals surface area contributed by atoms with Gasteiger partial charge < -0.3 is 9.84 Å². The van der Waals surface area contributed by atoms with Crippen molar-refractivity contribution in [3.8, 4) is 0 Å². The summed E-state index contributed by atoms with van der Waals surface area (Å²) in [5.41, 5.74) is 0. The molecule has 3 fully saturated rings. The van der Waals surface area contributed by atoms with E-state index in [1.807, 2.05) is 13.8 Å². The number of ether oxygens (including phenoxy) is 1. The quantitative estimate of drug-likeness (QED) is 0.556. The van der Waals surface area contributed by atoms with Crippen LogP contribution in [0.25, 0.3) is 0 Å². The Hall–Kier alpha value is -0.340. The fourth-order valence-corrected chi connectivity index (χ4v) is 5.07. The highest BCUT2D eigenvalue weighted by molar-refractivity contribution is 4.82. The molecule has 2 nitrogen and oxygen atoms in total. The Morgan fingerprint density at radius 3 is 1.73 bits per heavy atom. The molecule has 2 heteroatoms. The Balaban J connectivity index is 0.000000791. The molecular formula is C24H46O2. The Morgan fingerprint density at radius 1 is 0.769 bits per heavy atom. The molecule has 2 saturated carbocycles. The normalized spacial score (nSPS) is 37.5. The van der Waals surface area contributed by atoms with Gasteiger partial charge in [-0.3, -0.25) is 0 Å². The second kappa shape index (κ2) is 13.8. The summed E-state index contributed by atoms with van der Waals surface area (Å²) in [6.45, 7) is 13.0. The predicted molar refractivity (Wildman–Crippen MR) is 113 cm³/mol. The molecule has 154 valence electrons. The van der Waals surface area contributed by atoms with Gasteiger partial charge in [-0.05, 0) is 49.4 Å². The molecule has 26 heavy (non-hydrogen) atoms. The van der Waals surface area contributed by atoms with E-state index in [0.717, 1.165) is 36.5 Å². The van der Waals surface area contributed by atoms with Gasteiger partial charge in [0.2, 0.25) is 0 Å². The minimum absolute atomic E-state index is 0.203. The van der Waals surface area contributed by atoms with Crippen molar-refractivity contribution < 1.29 is 9.84 Å². The highest BCUT2D eigenvalue weighted by Crippen LogP contribution is 2.39. The van der Waals surface area contributed by atoms with Crippen LogP contribution in [0.4, 0.5) is 0 Å². The maximum absolute atomic E-state index is 9.55. The van der Waals surface area contributed by atoms with Crippen molar-refractivity contribution in [2.24, 2.45) is 23.7 Å². The van der Waals surface area contributed by atoms with E-state index in [1.54, 1.807) is 0 Å². The van der Waals surface area contributed by atoms with Crippen molar-refractivity contribution in [3.63, 3.8) is 0 Å². The Morgan fingerprint density at radius 2 is 1.27 bits per heavy atom. The van der Waals surface area contributed by atoms with Gasteiger partial charge >= 0.3 is 0 Å². The van der Waals surface area contributed by atoms with Crippen LogP contribution in [0.15, 0.2) is 13.2 Å². The van der Waals surface area contributed by atoms with Crippen LogP contribution < -0.4 is 0 Å². The monoisotopic (exact) mass is 366 g/mol. The number of hydrogen-bond donors (Lipinski definition) is 1. The first kappa shape index (κ1) is 23.7. The van der Waals surface area contributed by atoms with Crippen molar-refractivity contribution in [1.82, 2.24) is 0 Å². The van der Waals surface area contributed by atoms with Gasteiger partial charge in [0.1, 0.15) is 0 Å². The standard InChI is InChI=1S/C20H36O2.C2H6.C2H4/c1-15-2-4-16(5-3-15)6-7-17-8-10-18(11-9-17)20-13-12-19(21)14-22-20;2*1-2/h15-21H,2-14H2,1H3;1-2H3;1-2H2. The second-order valence-electron chi connectivity index (χ2n) is 8.59. The maximum Gasteiger partial charge on any atom is 0.0774 e. The van der Waals surface area contributed by atoms with Gasteiger partial charge in [-0.1, -0.05) is 72.1 Å². The molecule has 2 unspecified atom stereocenters. The van der Waals surface area contributed by atoms with Crippen molar-refractivity contribution in [3.05, 3.63) is 13.2 Å². The van der Waals surface area contributed by atoms with E-state index in [-0.39, 0.29) is 6.10 Å². The van der Waals surface area contributed by atoms with E-state index in [1.165, 1.54) is 64.2 Å². The largest absolute Gasteiger partial charge is 0.391 e. The lowest BCUT2D eigenvalue weighted by atomic mass is 9.74. The molecule has 0 bridgehead atoms. The number of rotatable bonds is 4. The number of aliphatic hydroxyl groups excluding tert-OH is 1. The van der Waals surface area contributed by atoms with E-state index < -0.39 is 0 Å². The van der Waals surface area contributed by atoms with Gasteiger partial charge in [0.05, 0.1) is 18.8 Å². The molecule has 1 N–H and O–H groups in total. The third-order valence-electron chi connectivity index (χ3n) is 6.82. The van der Waals surface area contributed by atoms with Crippen molar-refractivity contribution in [2.75, 3.05) is 6.61 Å². The summed E-state index contributed by atoms with van der Waals surface area (Å²) >= 11 is 0. The summed E-state index contributed by atoms with van der Waals surface area (Å²) in [7, 11) is 0. The summed E-state index contributed by atoms with van der Waals surface area (Å²) in [6, 6.07) is 0. The molecular weight excluding hydrogens is 320 g/mol. The maximum atomic E-state index is 9.55. The Labute approximate surface area is 163 Å². The van der Waals surface area contributed by atoms with Crippen molar-refractivity contribution in [2.45, 2.75) is 110 Å². The summed E-state index contributed by atoms with van der Waals surface area (Å²) in [4.78, 5) is 0. The molecule has 1 aliphatic heterocycles. The Kier molecular flexibility index (Phi) is 12.6. The van der Waals surface area contributed by atoms with E-state index in [9.17, 15) is 5.11 Å². The van der Waals surface area contributed by atoms with Gasteiger partial charge in [-0.15, -0.1) is 13.2 Å². The lowest BCUT2D eigenvalue weighted by Gasteiger charge is -2.37. The summed E-state index contributed by atoms with van der Waals surface area (Å²) in [6.07, 6.45) is 16.8. The number of aliphatic hydroxyl groups is 1. The zero-order valence-electron chi connectivity index (χ0n) is 17.9. The van der Waals surface area contributed by atoms with Crippen LogP contribution in [0.2, 0.25) is 0 Å². The van der Waals surface area contributed by atoms with Gasteiger partial charge in [-0.25, -0.2) is 0 Å². The van der Waals surface area contributed by atoms with E-state index in [2.05, 4.69) is 20.1 Å². The molecule has 0 spiro atoms. The number of hydrogen-bond acceptors (Lipinski definition) is 2. The highest BCUT2D eigenvalue weighted by atomic mass is 16.5. The Bertz CT molecular complexity index is 319. The van der Waals surface area contributed by atoms with Gasteiger partial charge in [0, 0.05) is 0 Å². The first-order chi connectivity index (χ1) is 12.7. The SMILES string of the molecule is C=C.CC.CC1CCC(CCC2CCC(C3CCC(O)CO3)CC2)CC1. The zero-order valence-corrected chi connectivity index (χ0v) is 17.9. The molecule has 0 amide bonds. The van der Waals surface area contributed by atoms with Crippen molar-refractivity contribution in [1.29, 1.82) is 0 Å². The third kappa shape index (κ3) is 8.13. The molecule has 2 aliphatic carbocycles. The van der Waals surface area contributed by atoms with E-state index >= 15 is 0 Å². The predicted octanol–water partition coefficient (Wildman–Crippen LogP) is 6.77. The second-order valence-corrected chi connectivity index (χ2v) is 8.59. The van der Waals surface area contributed by atoms with Crippen LogP contribution in [0.5, 0.6) is 0 Å². The molecule has 0 aromatic carbocycles. The van der Waals surface area contributed by atoms with Crippen LogP contribution in [-0.4, -0.2) is 23.9 Å². The zero-order chi connectivity index (χ0) is 19.4. The molecule has 0 aromatic rings. The molecule has 1 heterocycles. The van der Waals surface area contributed by atoms with Crippen LogP contribution >= 0.6 is 0 Å². The van der Waals surface area contributed by atoms with Crippen molar-refractivity contribution >= 4 is 0 Å². The lowest BCUT2D eigenvalue weighted by Crippen LogP contribution is -2.36. The van der Waals surface area contributed by atoms with E-state index in [4.69, 9.17) is 4.74 Å². The molecule has 3 aliphatic rings. The van der Waals surface area contributed by atoms with Crippen LogP contribution in [0.1, 0.15) is 97.8 Å². The summed E-state index contributed by atoms with van der Waals surface area (Å²) in [5, 5.41) is 9.55. The smallest absolute Gasteiger partial charge is 0.0774 e. The molecule has 2 atom stereocenters. The van der Waals surface area contributed by atoms with Crippen LogP contribution in [0.3, 0.4) is 0 Å². The molecule has 3 rings (SSSR count). The molecule has 0 radical (unpaired) electrons. The van der Waals surface area contributed by atoms with Gasteiger partial charge in [0.15, 0.2) is 0 Å². The van der Waals surface area contributed by atoms with Crippen LogP contribution in [-0.2, 0) is 4.74 Å². The summed E-state index contributed by atoms with van der Waals surface area (Å²) < 4.78 is 5.88. The summed E-state index contributed by atoms with van der Waals surface area (Å²) in [5.74, 6) is 3.79. The fourth-order valence-electron chi connectivity index (χ4n) is 5.07. The van der Waals surface area contributed by atoms with Gasteiger partial charge in [-0.2, -0.15) is 0 Å². The van der Waals surface area contributed by atoms with Crippen LogP contribution in [0, 0.1) is 23.7 Å². The first-order valence-electron chi connectivity index (χ1n) is 11.5. The first-order valence-corrected chi connectivity index (χ1v) is 11.5. The average molecular weight is 367 g/mol. The third-order valence-corrected chi connectivity index (χ3v) is 6.82. The topological polar surface area (TPSA) is 29.5 Å². The molecule has 0 aromatic heterocycles. The lowest BCUT2D eigenvalue weighted by molar-refractivity contribution is -0.0860. The minimum Gasteiger partial charge on any atom is -0.391 e. The molecule has 1 saturated heterocycles.